The van der Waals surface area contributed by atoms with Crippen LogP contribution < -0.4 is 0 Å². The molecule has 0 amide bonds. The fraction of sp³-hybridized carbons (Fsp3) is 0. The van der Waals surface area contributed by atoms with E-state index in [9.17, 15) is 39.6 Å². The average molecular weight is 368 g/mol. The number of carboxylic acid groups (broad SMARTS) is 4. The topological polar surface area (TPSA) is 230 Å². The van der Waals surface area contributed by atoms with Crippen molar-refractivity contribution in [2.75, 3.05) is 0 Å². The van der Waals surface area contributed by atoms with Gasteiger partial charge in [-0.3, -0.25) is 0 Å². The van der Waals surface area contributed by atoms with Gasteiger partial charge in [-0.05, 0) is 0 Å². The fourth-order valence-corrected chi connectivity index (χ4v) is 2.50. The molecule has 0 fully saturated rings. The van der Waals surface area contributed by atoms with Gasteiger partial charge in [-0.15, -0.1) is 0 Å². The van der Waals surface area contributed by atoms with Crippen molar-refractivity contribution in [3.05, 3.63) is 22.3 Å². The largest absolute Gasteiger partial charge is 0.506 e. The molecule has 0 radical (unpaired) electrons. The second kappa shape index (κ2) is 5.70. The van der Waals surface area contributed by atoms with Crippen molar-refractivity contribution >= 4 is 34.6 Å². The summed E-state index contributed by atoms with van der Waals surface area (Å²) in [6.45, 7) is 0. The van der Waals surface area contributed by atoms with Crippen LogP contribution in [0.4, 0.5) is 0 Å². The van der Waals surface area contributed by atoms with E-state index in [1.807, 2.05) is 0 Å². The molecule has 12 heteroatoms. The molecule has 0 saturated heterocycles. The Balaban J connectivity index is 3.36. The van der Waals surface area contributed by atoms with Gasteiger partial charge in [0.15, 0.2) is 0 Å². The maximum Gasteiger partial charge on any atom is 0.340 e. The van der Waals surface area contributed by atoms with Gasteiger partial charge in [0.2, 0.25) is 0 Å². The van der Waals surface area contributed by atoms with Crippen LogP contribution in [0.25, 0.3) is 10.8 Å². The summed E-state index contributed by atoms with van der Waals surface area (Å²) in [5.41, 5.74) is -5.62. The first-order valence-electron chi connectivity index (χ1n) is 6.36. The highest BCUT2D eigenvalue weighted by atomic mass is 16.4. The molecule has 0 aliphatic heterocycles. The summed E-state index contributed by atoms with van der Waals surface area (Å²) < 4.78 is 0. The highest BCUT2D eigenvalue weighted by molar-refractivity contribution is 6.21. The minimum absolute atomic E-state index is 1.15. The summed E-state index contributed by atoms with van der Waals surface area (Å²) in [6, 6.07) is 0. The third-order valence-corrected chi connectivity index (χ3v) is 3.50. The van der Waals surface area contributed by atoms with Gasteiger partial charge in [0.05, 0.1) is 10.8 Å². The number of carbonyl (C=O) groups is 4. The molecule has 0 atom stereocenters. The van der Waals surface area contributed by atoms with Crippen LogP contribution in [0.5, 0.6) is 23.0 Å². The summed E-state index contributed by atoms with van der Waals surface area (Å²) in [5.74, 6) is -14.2. The van der Waals surface area contributed by atoms with Crippen molar-refractivity contribution in [3.8, 4) is 23.0 Å². The van der Waals surface area contributed by atoms with Crippen LogP contribution >= 0.6 is 0 Å². The van der Waals surface area contributed by atoms with Crippen LogP contribution in [0.15, 0.2) is 0 Å². The molecule has 0 spiro atoms. The van der Waals surface area contributed by atoms with Crippen molar-refractivity contribution < 1.29 is 60.0 Å². The quantitative estimate of drug-likeness (QED) is 0.344. The lowest BCUT2D eigenvalue weighted by Gasteiger charge is -2.16. The molecule has 0 aliphatic carbocycles. The minimum atomic E-state index is -2.06. The zero-order valence-electron chi connectivity index (χ0n) is 12.2. The number of aromatic hydroxyl groups is 4. The molecule has 0 saturated carbocycles. The lowest BCUT2D eigenvalue weighted by molar-refractivity contribution is 0.0644. The summed E-state index contributed by atoms with van der Waals surface area (Å²) in [5, 5.41) is 74.2. The molecular formula is C14H8O12. The predicted octanol–water partition coefficient (Wildman–Crippen LogP) is 0.455. The molecule has 0 aliphatic rings. The van der Waals surface area contributed by atoms with Gasteiger partial charge < -0.3 is 40.9 Å². The number of fused-ring (bicyclic) bond motifs is 1. The Bertz CT molecular complexity index is 872. The number of phenols is 4. The molecular weight excluding hydrogens is 360 g/mol. The number of aromatic carboxylic acids is 4. The van der Waals surface area contributed by atoms with Gasteiger partial charge in [-0.2, -0.15) is 0 Å². The Morgan fingerprint density at radius 3 is 0.692 bits per heavy atom. The van der Waals surface area contributed by atoms with Gasteiger partial charge in [0.25, 0.3) is 0 Å². The van der Waals surface area contributed by atoms with E-state index >= 15 is 0 Å². The molecule has 26 heavy (non-hydrogen) atoms. The smallest absolute Gasteiger partial charge is 0.340 e. The molecule has 2 aromatic carbocycles. The molecule has 0 unspecified atom stereocenters. The highest BCUT2D eigenvalue weighted by Gasteiger charge is 2.36. The van der Waals surface area contributed by atoms with Gasteiger partial charge in [-0.25, -0.2) is 19.2 Å². The van der Waals surface area contributed by atoms with E-state index in [1.54, 1.807) is 0 Å². The lowest BCUT2D eigenvalue weighted by Crippen LogP contribution is -2.12. The van der Waals surface area contributed by atoms with Crippen LogP contribution in [0.2, 0.25) is 0 Å². The van der Waals surface area contributed by atoms with E-state index in [0.717, 1.165) is 0 Å². The van der Waals surface area contributed by atoms with Crippen molar-refractivity contribution in [2.24, 2.45) is 0 Å². The molecule has 136 valence electrons. The van der Waals surface area contributed by atoms with Crippen LogP contribution in [0.3, 0.4) is 0 Å². The molecule has 12 nitrogen and oxygen atoms in total. The van der Waals surface area contributed by atoms with Gasteiger partial charge >= 0.3 is 23.9 Å². The van der Waals surface area contributed by atoms with Crippen LogP contribution in [0.1, 0.15) is 41.4 Å². The Labute approximate surface area is 141 Å². The van der Waals surface area contributed by atoms with Gasteiger partial charge in [0, 0.05) is 0 Å². The zero-order chi connectivity index (χ0) is 20.1. The summed E-state index contributed by atoms with van der Waals surface area (Å²) in [4.78, 5) is 45.0. The summed E-state index contributed by atoms with van der Waals surface area (Å²) in [6.07, 6.45) is 0. The van der Waals surface area contributed by atoms with Crippen molar-refractivity contribution in [1.29, 1.82) is 0 Å². The number of benzene rings is 2. The third kappa shape index (κ3) is 2.24. The lowest BCUT2D eigenvalue weighted by atomic mass is 9.91. The number of carboxylic acids is 4. The van der Waals surface area contributed by atoms with E-state index in [2.05, 4.69) is 0 Å². The standard InChI is InChI=1S/C14H8O12/c15-7-1-2(9(17)5(13(23)24)3(7)11(19)20)10(18)6(14(25)26)4(8(1)16)12(21)22/h15-18H,(H,19,20)(H,21,22)(H,23,24)(H,25,26). The molecule has 2 aromatic rings. The maximum absolute atomic E-state index is 11.2. The van der Waals surface area contributed by atoms with E-state index in [0.29, 0.717) is 0 Å². The highest BCUT2D eigenvalue weighted by Crippen LogP contribution is 2.50. The van der Waals surface area contributed by atoms with Crippen LogP contribution in [0, 0.1) is 0 Å². The Hall–Kier alpha value is -4.22. The number of hydrogen-bond donors (Lipinski definition) is 8. The fourth-order valence-electron chi connectivity index (χ4n) is 2.50. The van der Waals surface area contributed by atoms with E-state index in [-0.39, 0.29) is 0 Å². The third-order valence-electron chi connectivity index (χ3n) is 3.50. The van der Waals surface area contributed by atoms with E-state index in [1.165, 1.54) is 0 Å². The average Bonchev–Trinajstić information content (AvgIpc) is 2.50. The molecule has 0 bridgehead atoms. The first kappa shape index (κ1) is 18.1. The zero-order valence-corrected chi connectivity index (χ0v) is 12.2. The van der Waals surface area contributed by atoms with Crippen LogP contribution in [-0.4, -0.2) is 64.7 Å². The van der Waals surface area contributed by atoms with Crippen LogP contribution in [-0.2, 0) is 0 Å². The second-order valence-corrected chi connectivity index (χ2v) is 4.87. The normalized spacial score (nSPS) is 10.6. The maximum atomic E-state index is 11.2. The summed E-state index contributed by atoms with van der Waals surface area (Å²) in [7, 11) is 0. The number of hydrogen-bond acceptors (Lipinski definition) is 8. The number of rotatable bonds is 4. The summed E-state index contributed by atoms with van der Waals surface area (Å²) >= 11 is 0. The predicted molar refractivity (Wildman–Crippen MR) is 78.4 cm³/mol. The van der Waals surface area contributed by atoms with Crippen molar-refractivity contribution in [2.45, 2.75) is 0 Å². The second-order valence-electron chi connectivity index (χ2n) is 4.87. The molecule has 2 rings (SSSR count). The molecule has 0 aromatic heterocycles. The van der Waals surface area contributed by atoms with E-state index < -0.39 is 79.9 Å². The van der Waals surface area contributed by atoms with Crippen molar-refractivity contribution in [3.63, 3.8) is 0 Å². The van der Waals surface area contributed by atoms with Gasteiger partial charge in [-0.1, -0.05) is 0 Å². The van der Waals surface area contributed by atoms with Crippen molar-refractivity contribution in [1.82, 2.24) is 0 Å². The molecule has 0 heterocycles. The Morgan fingerprint density at radius 1 is 0.423 bits per heavy atom. The monoisotopic (exact) mass is 368 g/mol. The van der Waals surface area contributed by atoms with E-state index in [4.69, 9.17) is 20.4 Å². The SMILES string of the molecule is O=C(O)c1c(C(=O)O)c(O)c2c(O)c(C(=O)O)c(C(=O)O)c(O)c2c1O. The van der Waals surface area contributed by atoms with Gasteiger partial charge in [0.1, 0.15) is 45.3 Å². The first-order chi connectivity index (χ1) is 11.9. The first-order valence-corrected chi connectivity index (χ1v) is 6.36. The minimum Gasteiger partial charge on any atom is -0.506 e. The molecule has 8 N–H and O–H groups in total. The Morgan fingerprint density at radius 2 is 0.577 bits per heavy atom. The Kier molecular flexibility index (Phi) is 3.97.